The van der Waals surface area contributed by atoms with Gasteiger partial charge in [-0.3, -0.25) is 4.79 Å². The molecule has 0 bridgehead atoms. The van der Waals surface area contributed by atoms with Crippen LogP contribution in [0.1, 0.15) is 55.4 Å². The quantitative estimate of drug-likeness (QED) is 0.788. The molecule has 1 aliphatic carbocycles. The summed E-state index contributed by atoms with van der Waals surface area (Å²) in [6.07, 6.45) is 3.31. The van der Waals surface area contributed by atoms with Crippen molar-refractivity contribution in [3.05, 3.63) is 47.0 Å². The van der Waals surface area contributed by atoms with Gasteiger partial charge < -0.3 is 11.1 Å². The fraction of sp³-hybridized carbons (Fsp3) is 0.500. The predicted molar refractivity (Wildman–Crippen MR) is 107 cm³/mol. The van der Waals surface area contributed by atoms with Gasteiger partial charge in [0.1, 0.15) is 11.5 Å². The number of fused-ring (bicyclic) bond motifs is 1. The molecule has 0 saturated carbocycles. The molecule has 1 aromatic heterocycles. The third kappa shape index (κ3) is 4.33. The van der Waals surface area contributed by atoms with Crippen LogP contribution in [-0.2, 0) is 12.8 Å². The molecule has 1 aliphatic rings. The van der Waals surface area contributed by atoms with Gasteiger partial charge in [0.2, 0.25) is 0 Å². The van der Waals surface area contributed by atoms with Crippen molar-refractivity contribution in [2.24, 2.45) is 11.7 Å². The van der Waals surface area contributed by atoms with Crippen LogP contribution in [0.25, 0.3) is 5.69 Å². The molecule has 0 fully saturated rings. The number of rotatable bonds is 6. The minimum Gasteiger partial charge on any atom is -0.344 e. The summed E-state index contributed by atoms with van der Waals surface area (Å²) < 4.78 is 15.8. The van der Waals surface area contributed by atoms with E-state index in [1.165, 1.54) is 6.07 Å². The number of carbonyl (C=O) groups excluding carboxylic acids is 1. The molecule has 0 saturated heterocycles. The second-order valence-corrected chi connectivity index (χ2v) is 7.81. The topological polar surface area (TPSA) is 72.9 Å². The van der Waals surface area contributed by atoms with Crippen LogP contribution in [0, 0.1) is 11.7 Å². The molecule has 3 rings (SSSR count). The highest BCUT2D eigenvalue weighted by Crippen LogP contribution is 2.29. The number of para-hydroxylation sites is 1. The average Bonchev–Trinajstić information content (AvgIpc) is 3.17. The Balaban J connectivity index is 0.00000261. The lowest BCUT2D eigenvalue weighted by Crippen LogP contribution is -2.52. The Labute approximate surface area is 165 Å². The number of hydrogen-bond donors (Lipinski definition) is 2. The summed E-state index contributed by atoms with van der Waals surface area (Å²) in [6.45, 7) is 6.52. The van der Waals surface area contributed by atoms with Crippen molar-refractivity contribution < 1.29 is 9.18 Å². The van der Waals surface area contributed by atoms with Gasteiger partial charge in [0.05, 0.1) is 5.54 Å². The van der Waals surface area contributed by atoms with Crippen LogP contribution in [-0.4, -0.2) is 27.8 Å². The van der Waals surface area contributed by atoms with Gasteiger partial charge in [-0.2, -0.15) is 5.10 Å². The summed E-state index contributed by atoms with van der Waals surface area (Å²) in [6, 6.07) is 6.52. The molecule has 3 N–H and O–H groups in total. The van der Waals surface area contributed by atoms with E-state index in [-0.39, 0.29) is 24.1 Å². The molecule has 1 aromatic carbocycles. The van der Waals surface area contributed by atoms with Gasteiger partial charge >= 0.3 is 0 Å². The number of nitrogens with two attached hydrogens (primary N) is 1. The van der Waals surface area contributed by atoms with E-state index in [0.29, 0.717) is 23.8 Å². The summed E-state index contributed by atoms with van der Waals surface area (Å²) in [7, 11) is 0. The first-order valence-corrected chi connectivity index (χ1v) is 9.23. The maximum Gasteiger partial charge on any atom is 0.272 e. The number of halogens is 2. The van der Waals surface area contributed by atoms with E-state index in [1.54, 1.807) is 22.9 Å². The Morgan fingerprint density at radius 2 is 2.07 bits per heavy atom. The number of aromatic nitrogens is 2. The van der Waals surface area contributed by atoms with Gasteiger partial charge in [0.15, 0.2) is 5.69 Å². The molecule has 27 heavy (non-hydrogen) atoms. The molecule has 0 spiro atoms. The standard InChI is InChI=1S/C20H27FN4O.ClH/c1-13(2)11-20(3,12-22)23-19(26)18-14-7-6-10-16(14)25(24-18)17-9-5-4-8-15(17)21;/h4-5,8-9,13H,6-7,10-12,22H2,1-3H3,(H,23,26);1H. The zero-order valence-electron chi connectivity index (χ0n) is 16.1. The Kier molecular flexibility index (Phi) is 6.65. The Morgan fingerprint density at radius 3 is 2.70 bits per heavy atom. The monoisotopic (exact) mass is 394 g/mol. The van der Waals surface area contributed by atoms with E-state index in [0.717, 1.165) is 36.9 Å². The molecule has 0 aliphatic heterocycles. The number of benzene rings is 1. The third-order valence-corrected chi connectivity index (χ3v) is 4.95. The van der Waals surface area contributed by atoms with Crippen LogP contribution in [0.3, 0.4) is 0 Å². The molecular formula is C20H28ClFN4O. The summed E-state index contributed by atoms with van der Waals surface area (Å²) in [5.41, 5.74) is 8.06. The van der Waals surface area contributed by atoms with Crippen LogP contribution >= 0.6 is 12.4 Å². The van der Waals surface area contributed by atoms with Crippen LogP contribution in [0.2, 0.25) is 0 Å². The van der Waals surface area contributed by atoms with Crippen LogP contribution in [0.15, 0.2) is 24.3 Å². The molecule has 2 aromatic rings. The molecule has 1 atom stereocenters. The van der Waals surface area contributed by atoms with Gasteiger partial charge in [0, 0.05) is 17.8 Å². The van der Waals surface area contributed by atoms with Crippen LogP contribution in [0.5, 0.6) is 0 Å². The molecule has 1 amide bonds. The van der Waals surface area contributed by atoms with E-state index >= 15 is 0 Å². The molecular weight excluding hydrogens is 367 g/mol. The normalized spacial score (nSPS) is 15.2. The smallest absolute Gasteiger partial charge is 0.272 e. The molecule has 5 nitrogen and oxygen atoms in total. The van der Waals surface area contributed by atoms with E-state index in [4.69, 9.17) is 5.73 Å². The summed E-state index contributed by atoms with van der Waals surface area (Å²) in [4.78, 5) is 13.0. The van der Waals surface area contributed by atoms with Crippen LogP contribution in [0.4, 0.5) is 4.39 Å². The maximum absolute atomic E-state index is 14.2. The first-order chi connectivity index (χ1) is 12.3. The minimum atomic E-state index is -0.488. The Morgan fingerprint density at radius 1 is 1.37 bits per heavy atom. The van der Waals surface area contributed by atoms with E-state index < -0.39 is 5.54 Å². The van der Waals surface area contributed by atoms with Crippen molar-refractivity contribution in [3.63, 3.8) is 0 Å². The van der Waals surface area contributed by atoms with Gasteiger partial charge in [-0.15, -0.1) is 12.4 Å². The number of carbonyl (C=O) groups is 1. The lowest BCUT2D eigenvalue weighted by molar-refractivity contribution is 0.0891. The third-order valence-electron chi connectivity index (χ3n) is 4.95. The highest BCUT2D eigenvalue weighted by Gasteiger charge is 2.32. The van der Waals surface area contributed by atoms with Crippen molar-refractivity contribution in [1.82, 2.24) is 15.1 Å². The predicted octanol–water partition coefficient (Wildman–Crippen LogP) is 3.42. The van der Waals surface area contributed by atoms with E-state index in [9.17, 15) is 9.18 Å². The second-order valence-electron chi connectivity index (χ2n) is 7.81. The zero-order valence-corrected chi connectivity index (χ0v) is 16.9. The van der Waals surface area contributed by atoms with Crippen molar-refractivity contribution in [3.8, 4) is 5.69 Å². The summed E-state index contributed by atoms with van der Waals surface area (Å²) >= 11 is 0. The summed E-state index contributed by atoms with van der Waals surface area (Å²) in [5, 5.41) is 7.55. The number of hydrogen-bond acceptors (Lipinski definition) is 3. The van der Waals surface area contributed by atoms with E-state index in [1.807, 2.05) is 6.92 Å². The van der Waals surface area contributed by atoms with Crippen LogP contribution < -0.4 is 11.1 Å². The lowest BCUT2D eigenvalue weighted by Gasteiger charge is -2.31. The first-order valence-electron chi connectivity index (χ1n) is 9.23. The first kappa shape index (κ1) is 21.4. The molecule has 1 heterocycles. The molecule has 1 unspecified atom stereocenters. The lowest BCUT2D eigenvalue weighted by atomic mass is 9.90. The Bertz CT molecular complexity index is 820. The largest absolute Gasteiger partial charge is 0.344 e. The minimum absolute atomic E-state index is 0. The fourth-order valence-corrected chi connectivity index (χ4v) is 3.86. The van der Waals surface area contributed by atoms with Gasteiger partial charge in [-0.05, 0) is 50.7 Å². The Hall–Kier alpha value is -1.92. The van der Waals surface area contributed by atoms with Crippen molar-refractivity contribution in [2.45, 2.75) is 52.0 Å². The number of amides is 1. The van der Waals surface area contributed by atoms with Crippen molar-refractivity contribution >= 4 is 18.3 Å². The number of nitrogens with one attached hydrogen (secondary N) is 1. The van der Waals surface area contributed by atoms with Crippen molar-refractivity contribution in [1.29, 1.82) is 0 Å². The van der Waals surface area contributed by atoms with Gasteiger partial charge in [0.25, 0.3) is 5.91 Å². The zero-order chi connectivity index (χ0) is 18.9. The molecule has 148 valence electrons. The SMILES string of the molecule is CC(C)CC(C)(CN)NC(=O)c1nn(-c2ccccc2F)c2c1CCC2.Cl. The fourth-order valence-electron chi connectivity index (χ4n) is 3.86. The molecule has 7 heteroatoms. The highest BCUT2D eigenvalue weighted by molar-refractivity contribution is 5.94. The highest BCUT2D eigenvalue weighted by atomic mass is 35.5. The average molecular weight is 395 g/mol. The molecule has 0 radical (unpaired) electrons. The van der Waals surface area contributed by atoms with Gasteiger partial charge in [-0.25, -0.2) is 9.07 Å². The number of nitrogens with zero attached hydrogens (tertiary/aromatic N) is 2. The second kappa shape index (κ2) is 8.40. The van der Waals surface area contributed by atoms with E-state index in [2.05, 4.69) is 24.3 Å². The van der Waals surface area contributed by atoms with Gasteiger partial charge in [-0.1, -0.05) is 26.0 Å². The maximum atomic E-state index is 14.2. The summed E-state index contributed by atoms with van der Waals surface area (Å²) in [5.74, 6) is -0.166. The van der Waals surface area contributed by atoms with Crippen molar-refractivity contribution in [2.75, 3.05) is 6.54 Å².